The van der Waals surface area contributed by atoms with E-state index in [0.717, 1.165) is 0 Å². The van der Waals surface area contributed by atoms with Gasteiger partial charge < -0.3 is 4.74 Å². The smallest absolute Gasteiger partial charge is 0.168 e. The van der Waals surface area contributed by atoms with Crippen LogP contribution in [0.3, 0.4) is 0 Å². The Morgan fingerprint density at radius 2 is 2.31 bits per heavy atom. The molecule has 0 aromatic carbocycles. The van der Waals surface area contributed by atoms with E-state index in [0.29, 0.717) is 19.4 Å². The van der Waals surface area contributed by atoms with Crippen molar-refractivity contribution in [3.8, 4) is 6.07 Å². The number of sulfone groups is 1. The number of hydrogen-bond donors (Lipinski definition) is 0. The minimum absolute atomic E-state index is 0.148. The first kappa shape index (κ1) is 10.5. The Morgan fingerprint density at radius 1 is 1.62 bits per heavy atom. The van der Waals surface area contributed by atoms with Gasteiger partial charge in [-0.2, -0.15) is 5.26 Å². The van der Waals surface area contributed by atoms with E-state index < -0.39 is 15.4 Å². The highest BCUT2D eigenvalue weighted by molar-refractivity contribution is 7.91. The molecule has 0 bridgehead atoms. The average molecular weight is 203 g/mol. The third kappa shape index (κ3) is 2.42. The molecule has 5 heteroatoms. The van der Waals surface area contributed by atoms with Gasteiger partial charge in [-0.1, -0.05) is 0 Å². The minimum Gasteiger partial charge on any atom is -0.359 e. The lowest BCUT2D eigenvalue weighted by molar-refractivity contribution is 0.0132. The summed E-state index contributed by atoms with van der Waals surface area (Å²) in [6, 6.07) is 1.97. The number of rotatable bonds is 2. The van der Waals surface area contributed by atoms with Crippen LogP contribution in [-0.4, -0.2) is 32.1 Å². The van der Waals surface area contributed by atoms with Crippen LogP contribution in [0.1, 0.15) is 19.8 Å². The fourth-order valence-corrected chi connectivity index (χ4v) is 3.32. The second-order valence-electron chi connectivity index (χ2n) is 3.23. The van der Waals surface area contributed by atoms with Gasteiger partial charge in [0.15, 0.2) is 15.4 Å². The molecule has 0 aromatic rings. The molecule has 1 heterocycles. The number of nitrogens with zero attached hydrogens (tertiary/aromatic N) is 1. The van der Waals surface area contributed by atoms with E-state index >= 15 is 0 Å². The Hall–Kier alpha value is -0.600. The van der Waals surface area contributed by atoms with Crippen LogP contribution in [-0.2, 0) is 14.6 Å². The van der Waals surface area contributed by atoms with Crippen LogP contribution in [0.4, 0.5) is 0 Å². The van der Waals surface area contributed by atoms with Crippen LogP contribution < -0.4 is 0 Å². The molecule has 74 valence electrons. The van der Waals surface area contributed by atoms with Gasteiger partial charge in [-0.15, -0.1) is 0 Å². The monoisotopic (exact) mass is 203 g/mol. The van der Waals surface area contributed by atoms with E-state index in [9.17, 15) is 8.42 Å². The second-order valence-corrected chi connectivity index (χ2v) is 5.42. The summed E-state index contributed by atoms with van der Waals surface area (Å²) in [5.41, 5.74) is -1.08. The zero-order valence-corrected chi connectivity index (χ0v) is 8.43. The maximum Gasteiger partial charge on any atom is 0.168 e. The van der Waals surface area contributed by atoms with Crippen molar-refractivity contribution in [3.05, 3.63) is 0 Å². The molecule has 1 saturated heterocycles. The maximum atomic E-state index is 11.3. The predicted molar refractivity (Wildman–Crippen MR) is 47.9 cm³/mol. The molecular weight excluding hydrogens is 190 g/mol. The number of hydrogen-bond acceptors (Lipinski definition) is 4. The van der Waals surface area contributed by atoms with Gasteiger partial charge in [-0.3, -0.25) is 0 Å². The van der Waals surface area contributed by atoms with E-state index in [1.165, 1.54) is 0 Å². The van der Waals surface area contributed by atoms with Gasteiger partial charge in [0.25, 0.3) is 0 Å². The second kappa shape index (κ2) is 3.64. The van der Waals surface area contributed by atoms with Crippen molar-refractivity contribution in [3.63, 3.8) is 0 Å². The maximum absolute atomic E-state index is 11.3. The summed E-state index contributed by atoms with van der Waals surface area (Å²) in [5.74, 6) is 0.0356. The van der Waals surface area contributed by atoms with Crippen LogP contribution in [0, 0.1) is 11.3 Å². The van der Waals surface area contributed by atoms with Crippen LogP contribution >= 0.6 is 0 Å². The van der Waals surface area contributed by atoms with Crippen LogP contribution in [0.25, 0.3) is 0 Å². The molecule has 1 rings (SSSR count). The Kier molecular flexibility index (Phi) is 2.94. The average Bonchev–Trinajstić information content (AvgIpc) is 2.03. The van der Waals surface area contributed by atoms with Crippen molar-refractivity contribution in [2.45, 2.75) is 25.4 Å². The lowest BCUT2D eigenvalue weighted by Gasteiger charge is -2.29. The van der Waals surface area contributed by atoms with E-state index in [1.807, 2.05) is 6.07 Å². The van der Waals surface area contributed by atoms with Crippen molar-refractivity contribution in [2.75, 3.05) is 18.1 Å². The lowest BCUT2D eigenvalue weighted by Crippen LogP contribution is -2.43. The van der Waals surface area contributed by atoms with E-state index in [2.05, 4.69) is 0 Å². The molecule has 0 aromatic heterocycles. The van der Waals surface area contributed by atoms with E-state index in [4.69, 9.17) is 10.00 Å². The molecule has 1 aliphatic rings. The quantitative estimate of drug-likeness (QED) is 0.655. The molecule has 1 fully saturated rings. The van der Waals surface area contributed by atoms with Gasteiger partial charge in [0, 0.05) is 6.61 Å². The molecule has 0 radical (unpaired) electrons. The molecule has 0 amide bonds. The SMILES string of the molecule is CCOC1(C#N)CCCS(=O)(=O)C1. The number of nitriles is 1. The van der Waals surface area contributed by atoms with E-state index in [1.54, 1.807) is 6.92 Å². The first-order valence-electron chi connectivity index (χ1n) is 4.29. The first-order chi connectivity index (χ1) is 6.04. The molecular formula is C8H13NO3S. The zero-order chi connectivity index (χ0) is 9.95. The molecule has 0 spiro atoms. The first-order valence-corrected chi connectivity index (χ1v) is 6.11. The third-order valence-corrected chi connectivity index (χ3v) is 3.93. The normalized spacial score (nSPS) is 32.3. The summed E-state index contributed by atoms with van der Waals surface area (Å²) in [6.45, 7) is 2.14. The fraction of sp³-hybridized carbons (Fsp3) is 0.875. The number of ether oxygens (including phenoxy) is 1. The third-order valence-electron chi connectivity index (χ3n) is 2.11. The van der Waals surface area contributed by atoms with Crippen molar-refractivity contribution in [1.82, 2.24) is 0 Å². The van der Waals surface area contributed by atoms with Crippen LogP contribution in [0.5, 0.6) is 0 Å². The lowest BCUT2D eigenvalue weighted by atomic mass is 10.0. The highest BCUT2D eigenvalue weighted by Crippen LogP contribution is 2.25. The van der Waals surface area contributed by atoms with Crippen molar-refractivity contribution < 1.29 is 13.2 Å². The van der Waals surface area contributed by atoms with Gasteiger partial charge in [0.2, 0.25) is 0 Å². The molecule has 4 nitrogen and oxygen atoms in total. The van der Waals surface area contributed by atoms with Gasteiger partial charge >= 0.3 is 0 Å². The van der Waals surface area contributed by atoms with Gasteiger partial charge in [-0.25, -0.2) is 8.42 Å². The summed E-state index contributed by atoms with van der Waals surface area (Å²) in [6.07, 6.45) is 1.05. The Labute approximate surface area is 78.4 Å². The Balaban J connectivity index is 2.84. The highest BCUT2D eigenvalue weighted by Gasteiger charge is 2.39. The van der Waals surface area contributed by atoms with Gasteiger partial charge in [-0.05, 0) is 19.8 Å². The van der Waals surface area contributed by atoms with Crippen molar-refractivity contribution >= 4 is 9.84 Å². The van der Waals surface area contributed by atoms with Crippen LogP contribution in [0.2, 0.25) is 0 Å². The topological polar surface area (TPSA) is 67.2 Å². The molecule has 0 aliphatic carbocycles. The molecule has 0 N–H and O–H groups in total. The summed E-state index contributed by atoms with van der Waals surface area (Å²) in [7, 11) is -3.07. The minimum atomic E-state index is -3.07. The van der Waals surface area contributed by atoms with Crippen LogP contribution in [0.15, 0.2) is 0 Å². The summed E-state index contributed by atoms with van der Waals surface area (Å²) in [5, 5.41) is 8.87. The standard InChI is InChI=1S/C8H13NO3S/c1-2-12-8(6-9)4-3-5-13(10,11)7-8/h2-5,7H2,1H3. The Morgan fingerprint density at radius 3 is 2.77 bits per heavy atom. The molecule has 1 unspecified atom stereocenters. The summed E-state index contributed by atoms with van der Waals surface area (Å²) in [4.78, 5) is 0. The van der Waals surface area contributed by atoms with E-state index in [-0.39, 0.29) is 11.5 Å². The highest BCUT2D eigenvalue weighted by atomic mass is 32.2. The fourth-order valence-electron chi connectivity index (χ4n) is 1.59. The van der Waals surface area contributed by atoms with Crippen molar-refractivity contribution in [1.29, 1.82) is 5.26 Å². The predicted octanol–water partition coefficient (Wildman–Crippen LogP) is 0.494. The molecule has 1 aliphatic heterocycles. The van der Waals surface area contributed by atoms with Crippen molar-refractivity contribution in [2.24, 2.45) is 0 Å². The molecule has 1 atom stereocenters. The Bertz CT molecular complexity index is 313. The summed E-state index contributed by atoms with van der Waals surface area (Å²) < 4.78 is 27.8. The zero-order valence-electron chi connectivity index (χ0n) is 7.62. The largest absolute Gasteiger partial charge is 0.359 e. The van der Waals surface area contributed by atoms with Gasteiger partial charge in [0.1, 0.15) is 0 Å². The van der Waals surface area contributed by atoms with Gasteiger partial charge in [0.05, 0.1) is 17.6 Å². The molecule has 13 heavy (non-hydrogen) atoms. The summed E-state index contributed by atoms with van der Waals surface area (Å²) >= 11 is 0. The molecule has 0 saturated carbocycles.